The molecule has 2 aromatic carbocycles. The first-order valence-electron chi connectivity index (χ1n) is 7.14. The van der Waals surface area contributed by atoms with Crippen molar-refractivity contribution in [1.82, 2.24) is 0 Å². The summed E-state index contributed by atoms with van der Waals surface area (Å²) >= 11 is 0. The molecule has 5 radical (unpaired) electrons. The summed E-state index contributed by atoms with van der Waals surface area (Å²) in [6, 6.07) is 14.7. The Morgan fingerprint density at radius 3 is 2.04 bits per heavy atom. The van der Waals surface area contributed by atoms with E-state index in [0.717, 1.165) is 6.42 Å². The SMILES string of the molecule is CC.CC(C)C1=CC[C-]=C1.Cl.Cl.[CH3-].[Si].[Zr+3].c1ccc2[cH-]ccc2c1. The maximum Gasteiger partial charge on any atom is 3.00 e. The van der Waals surface area contributed by atoms with Gasteiger partial charge in [0.25, 0.3) is 0 Å². The van der Waals surface area contributed by atoms with Crippen LogP contribution in [-0.2, 0) is 26.2 Å². The Morgan fingerprint density at radius 2 is 1.62 bits per heavy atom. The molecule has 0 spiro atoms. The van der Waals surface area contributed by atoms with Gasteiger partial charge in [0.2, 0.25) is 0 Å². The van der Waals surface area contributed by atoms with Gasteiger partial charge in [-0.1, -0.05) is 39.7 Å². The largest absolute Gasteiger partial charge is 3.00 e. The van der Waals surface area contributed by atoms with Crippen molar-refractivity contribution in [2.75, 3.05) is 0 Å². The Hall–Kier alpha value is -0.0100. The van der Waals surface area contributed by atoms with E-state index in [0.29, 0.717) is 5.92 Å². The molecule has 4 heteroatoms. The average Bonchev–Trinajstić information content (AvgIpc) is 3.13. The molecule has 0 amide bonds. The van der Waals surface area contributed by atoms with Crippen LogP contribution in [0.15, 0.2) is 60.2 Å². The van der Waals surface area contributed by atoms with E-state index < -0.39 is 0 Å². The second-order valence-electron chi connectivity index (χ2n) is 4.57. The third-order valence-corrected chi connectivity index (χ3v) is 2.94. The number of benzene rings is 1. The Kier molecular flexibility index (Phi) is 30.8. The number of halogens is 2. The quantitative estimate of drug-likeness (QED) is 0.324. The maximum absolute atomic E-state index is 3.14. The van der Waals surface area contributed by atoms with Gasteiger partial charge in [0.1, 0.15) is 0 Å². The minimum Gasteiger partial charge on any atom is -0.358 e. The predicted molar refractivity (Wildman–Crippen MR) is 113 cm³/mol. The van der Waals surface area contributed by atoms with Gasteiger partial charge < -0.3 is 7.43 Å². The second kappa shape index (κ2) is 21.0. The summed E-state index contributed by atoms with van der Waals surface area (Å²) in [5.74, 6) is 0.685. The third-order valence-electron chi connectivity index (χ3n) is 2.94. The number of allylic oxidation sites excluding steroid dienone is 4. The van der Waals surface area contributed by atoms with Crippen LogP contribution in [0.25, 0.3) is 10.8 Å². The van der Waals surface area contributed by atoms with Gasteiger partial charge in [-0.15, -0.1) is 60.9 Å². The first kappa shape index (κ1) is 35.2. The van der Waals surface area contributed by atoms with E-state index in [2.05, 4.69) is 74.5 Å². The molecule has 0 N–H and O–H groups in total. The van der Waals surface area contributed by atoms with Crippen LogP contribution in [0.3, 0.4) is 0 Å². The summed E-state index contributed by atoms with van der Waals surface area (Å²) < 4.78 is 0. The van der Waals surface area contributed by atoms with Crippen molar-refractivity contribution < 1.29 is 26.2 Å². The predicted octanol–water partition coefficient (Wildman–Crippen LogP) is 6.83. The topological polar surface area (TPSA) is 0 Å². The molecule has 0 heterocycles. The molecule has 131 valence electrons. The smallest absolute Gasteiger partial charge is 0.358 e. The second-order valence-corrected chi connectivity index (χ2v) is 4.57. The van der Waals surface area contributed by atoms with E-state index in [-0.39, 0.29) is 69.4 Å². The summed E-state index contributed by atoms with van der Waals surface area (Å²) in [5.41, 5.74) is 1.44. The molecule has 0 nitrogen and oxygen atoms in total. The fourth-order valence-corrected chi connectivity index (χ4v) is 1.88. The van der Waals surface area contributed by atoms with Crippen molar-refractivity contribution in [1.29, 1.82) is 0 Å². The zero-order chi connectivity index (χ0) is 14.1. The fourth-order valence-electron chi connectivity index (χ4n) is 1.88. The van der Waals surface area contributed by atoms with Crippen LogP contribution in [0.5, 0.6) is 0 Å². The first-order valence-corrected chi connectivity index (χ1v) is 7.14. The van der Waals surface area contributed by atoms with Crippen LogP contribution in [0.4, 0.5) is 0 Å². The molecule has 1 aliphatic rings. The van der Waals surface area contributed by atoms with E-state index in [1.807, 2.05) is 13.8 Å². The first-order chi connectivity index (χ1) is 9.27. The molecule has 0 saturated heterocycles. The molecule has 2 aromatic rings. The molecular formula is C20H29Cl2SiZr. The molecule has 0 fully saturated rings. The van der Waals surface area contributed by atoms with Gasteiger partial charge in [-0.05, 0) is 0 Å². The maximum atomic E-state index is 3.14. The van der Waals surface area contributed by atoms with Crippen LogP contribution in [0, 0.1) is 19.4 Å². The van der Waals surface area contributed by atoms with Gasteiger partial charge in [-0.2, -0.15) is 29.2 Å². The van der Waals surface area contributed by atoms with E-state index in [1.54, 1.807) is 0 Å². The Balaban J connectivity index is -0.0000000768. The van der Waals surface area contributed by atoms with E-state index in [4.69, 9.17) is 0 Å². The van der Waals surface area contributed by atoms with Gasteiger partial charge in [0.15, 0.2) is 0 Å². The van der Waals surface area contributed by atoms with Crippen LogP contribution in [0.2, 0.25) is 0 Å². The van der Waals surface area contributed by atoms with Crippen molar-refractivity contribution in [3.05, 3.63) is 73.7 Å². The summed E-state index contributed by atoms with van der Waals surface area (Å²) in [4.78, 5) is 0. The van der Waals surface area contributed by atoms with Crippen molar-refractivity contribution in [3.63, 3.8) is 0 Å². The van der Waals surface area contributed by atoms with Gasteiger partial charge in [0.05, 0.1) is 0 Å². The molecule has 0 aliphatic heterocycles. The zero-order valence-electron chi connectivity index (χ0n) is 15.3. The van der Waals surface area contributed by atoms with Crippen molar-refractivity contribution in [2.24, 2.45) is 5.92 Å². The van der Waals surface area contributed by atoms with Gasteiger partial charge >= 0.3 is 26.2 Å². The van der Waals surface area contributed by atoms with Crippen LogP contribution >= 0.6 is 24.8 Å². The average molecular weight is 460 g/mol. The molecular weight excluding hydrogens is 430 g/mol. The molecule has 24 heavy (non-hydrogen) atoms. The number of fused-ring (bicyclic) bond motifs is 1. The van der Waals surface area contributed by atoms with Crippen LogP contribution in [0.1, 0.15) is 34.1 Å². The van der Waals surface area contributed by atoms with Gasteiger partial charge in [0, 0.05) is 11.0 Å². The molecule has 0 saturated carbocycles. The minimum atomic E-state index is 0. The normalized spacial score (nSPS) is 9.96. The Morgan fingerprint density at radius 1 is 1.04 bits per heavy atom. The molecule has 3 rings (SSSR count). The van der Waals surface area contributed by atoms with E-state index in [9.17, 15) is 0 Å². The molecule has 0 bridgehead atoms. The molecule has 0 aromatic heterocycles. The standard InChI is InChI=1S/C9H7.C8H11.C2H6.CH3.2ClH.Si.Zr/c1-2-5-9-7-3-6-8(9)4-1;1-7(2)8-5-3-4-6-8;1-2;;;;;/h1-7H;5-7H,3H2,1-2H3;1-2H3;1H3;2*1H;;/q2*-1;;-1;;;;+3. The molecule has 0 unspecified atom stereocenters. The summed E-state index contributed by atoms with van der Waals surface area (Å²) in [7, 11) is 0. The van der Waals surface area contributed by atoms with E-state index in [1.165, 1.54) is 16.3 Å². The van der Waals surface area contributed by atoms with Crippen LogP contribution in [-0.4, -0.2) is 11.0 Å². The number of hydrogen-bond donors (Lipinski definition) is 0. The van der Waals surface area contributed by atoms with E-state index >= 15 is 0 Å². The van der Waals surface area contributed by atoms with Crippen molar-refractivity contribution in [3.8, 4) is 0 Å². The number of hydrogen-bond acceptors (Lipinski definition) is 0. The molecule has 1 aliphatic carbocycles. The third kappa shape index (κ3) is 12.4. The minimum absolute atomic E-state index is 0. The van der Waals surface area contributed by atoms with Crippen LogP contribution < -0.4 is 0 Å². The summed E-state index contributed by atoms with van der Waals surface area (Å²) in [6.45, 7) is 8.41. The summed E-state index contributed by atoms with van der Waals surface area (Å²) in [6.07, 6.45) is 8.47. The summed E-state index contributed by atoms with van der Waals surface area (Å²) in [5, 5.41) is 2.66. The van der Waals surface area contributed by atoms with Crippen molar-refractivity contribution >= 4 is 46.6 Å². The zero-order valence-corrected chi connectivity index (χ0v) is 20.4. The molecule has 0 atom stereocenters. The van der Waals surface area contributed by atoms with Gasteiger partial charge in [-0.3, -0.25) is 6.08 Å². The van der Waals surface area contributed by atoms with Crippen molar-refractivity contribution in [2.45, 2.75) is 34.1 Å². The fraction of sp³-hybridized carbons (Fsp3) is 0.300. The monoisotopic (exact) mass is 457 g/mol. The Bertz CT molecular complexity index is 515. The number of rotatable bonds is 1. The van der Waals surface area contributed by atoms with Gasteiger partial charge in [-0.25, -0.2) is 6.08 Å². The Labute approximate surface area is 185 Å².